The van der Waals surface area contributed by atoms with E-state index in [-0.39, 0.29) is 12.6 Å². The number of ether oxygens (including phenoxy) is 2. The largest absolute Gasteiger partial charge is 0.478 e. The predicted octanol–water partition coefficient (Wildman–Crippen LogP) is 5.87. The molecule has 1 aliphatic carbocycles. The molecule has 0 bridgehead atoms. The molecule has 1 aromatic heterocycles. The molecule has 3 aromatic carbocycles. The number of nitrogens with zero attached hydrogens (tertiary/aromatic N) is 2. The fraction of sp³-hybridized carbons (Fsp3) is 0.226. The number of carbonyl (C=O) groups is 1. The highest BCUT2D eigenvalue weighted by atomic mass is 16.5. The monoisotopic (exact) mass is 494 g/mol. The van der Waals surface area contributed by atoms with Gasteiger partial charge in [-0.25, -0.2) is 9.78 Å². The summed E-state index contributed by atoms with van der Waals surface area (Å²) in [4.78, 5) is 16.3. The van der Waals surface area contributed by atoms with E-state index >= 15 is 0 Å². The molecule has 6 nitrogen and oxygen atoms in total. The molecule has 0 amide bonds. The second kappa shape index (κ2) is 11.6. The molecule has 1 N–H and O–H groups in total. The minimum Gasteiger partial charge on any atom is -0.478 e. The van der Waals surface area contributed by atoms with E-state index in [0.29, 0.717) is 11.8 Å². The highest BCUT2D eigenvalue weighted by Crippen LogP contribution is 2.31. The first kappa shape index (κ1) is 24.4. The van der Waals surface area contributed by atoms with Gasteiger partial charge in [-0.1, -0.05) is 72.8 Å². The lowest BCUT2D eigenvalue weighted by molar-refractivity contribution is -0.142. The Morgan fingerprint density at radius 1 is 0.946 bits per heavy atom. The number of aromatic nitrogens is 2. The zero-order valence-electron chi connectivity index (χ0n) is 20.6. The third-order valence-electron chi connectivity index (χ3n) is 6.61. The van der Waals surface area contributed by atoms with Crippen molar-refractivity contribution in [2.75, 3.05) is 6.61 Å². The van der Waals surface area contributed by atoms with Crippen LogP contribution in [0.4, 0.5) is 0 Å². The molecule has 0 radical (unpaired) electrons. The number of aliphatic carboxylic acids is 1. The van der Waals surface area contributed by atoms with Crippen LogP contribution < -0.4 is 9.47 Å². The van der Waals surface area contributed by atoms with Gasteiger partial charge in [0.15, 0.2) is 0 Å². The first-order chi connectivity index (χ1) is 18.2. The van der Waals surface area contributed by atoms with Crippen molar-refractivity contribution in [3.8, 4) is 11.8 Å². The van der Waals surface area contributed by atoms with Crippen molar-refractivity contribution < 1.29 is 19.4 Å². The maximum atomic E-state index is 11.9. The summed E-state index contributed by atoms with van der Waals surface area (Å²) >= 11 is 0. The second-order valence-corrected chi connectivity index (χ2v) is 9.06. The van der Waals surface area contributed by atoms with Crippen LogP contribution in [0.2, 0.25) is 0 Å². The van der Waals surface area contributed by atoms with Crippen LogP contribution in [0.5, 0.6) is 11.8 Å². The van der Waals surface area contributed by atoms with E-state index in [1.54, 1.807) is 12.3 Å². The van der Waals surface area contributed by atoms with Gasteiger partial charge in [-0.3, -0.25) is 4.57 Å². The number of hydrogen-bond acceptors (Lipinski definition) is 4. The number of benzene rings is 3. The summed E-state index contributed by atoms with van der Waals surface area (Å²) in [6.07, 6.45) is 9.88. The summed E-state index contributed by atoms with van der Waals surface area (Å²) in [6, 6.07) is 26.6. The molecule has 0 saturated carbocycles. The lowest BCUT2D eigenvalue weighted by atomic mass is 9.91. The van der Waals surface area contributed by atoms with Gasteiger partial charge in [0.05, 0.1) is 6.04 Å². The molecule has 0 saturated heterocycles. The van der Waals surface area contributed by atoms with Crippen LogP contribution in [0.1, 0.15) is 41.1 Å². The SMILES string of the molecule is O=C(O)C(C=CCOc1nccn1C(c1ccccc1)c1ccccc1)Oc1cccc2c1CCCC2. The normalized spacial score (nSPS) is 13.9. The number of aryl methyl sites for hydroxylation is 1. The summed E-state index contributed by atoms with van der Waals surface area (Å²) < 4.78 is 13.9. The van der Waals surface area contributed by atoms with E-state index in [4.69, 9.17) is 9.47 Å². The van der Waals surface area contributed by atoms with E-state index in [1.807, 2.05) is 59.3 Å². The summed E-state index contributed by atoms with van der Waals surface area (Å²) in [5, 5.41) is 9.76. The topological polar surface area (TPSA) is 73.6 Å². The highest BCUT2D eigenvalue weighted by molar-refractivity contribution is 5.75. The van der Waals surface area contributed by atoms with Gasteiger partial charge in [0, 0.05) is 12.4 Å². The first-order valence-corrected chi connectivity index (χ1v) is 12.6. The lowest BCUT2D eigenvalue weighted by Crippen LogP contribution is -2.25. The van der Waals surface area contributed by atoms with E-state index in [9.17, 15) is 9.90 Å². The Hall–Kier alpha value is -4.32. The fourth-order valence-corrected chi connectivity index (χ4v) is 4.86. The van der Waals surface area contributed by atoms with Gasteiger partial charge in [-0.2, -0.15) is 0 Å². The number of hydrogen-bond donors (Lipinski definition) is 1. The van der Waals surface area contributed by atoms with Gasteiger partial charge >= 0.3 is 5.97 Å². The molecular weight excluding hydrogens is 464 g/mol. The van der Waals surface area contributed by atoms with E-state index in [2.05, 4.69) is 35.3 Å². The smallest absolute Gasteiger partial charge is 0.349 e. The standard InChI is InChI=1S/C31H30N2O4/c34-30(35)28(37-27-18-9-16-23-11-7-8-17-26(23)27)19-10-22-36-31-32-20-21-33(31)29(24-12-3-1-4-13-24)25-14-5-2-6-15-25/h1-6,9-10,12-16,18-21,28-29H,7-8,11,17,22H2,(H,34,35). The van der Waals surface area contributed by atoms with Crippen molar-refractivity contribution in [2.45, 2.75) is 37.8 Å². The summed E-state index contributed by atoms with van der Waals surface area (Å²) in [5.41, 5.74) is 4.59. The van der Waals surface area contributed by atoms with E-state index in [0.717, 1.165) is 42.4 Å². The van der Waals surface area contributed by atoms with Crippen LogP contribution >= 0.6 is 0 Å². The van der Waals surface area contributed by atoms with Crippen molar-refractivity contribution in [2.24, 2.45) is 0 Å². The van der Waals surface area contributed by atoms with Crippen molar-refractivity contribution in [1.29, 1.82) is 0 Å². The zero-order chi connectivity index (χ0) is 25.5. The van der Waals surface area contributed by atoms with Crippen molar-refractivity contribution >= 4 is 5.97 Å². The first-order valence-electron chi connectivity index (χ1n) is 12.6. The maximum absolute atomic E-state index is 11.9. The Balaban J connectivity index is 1.30. The Bertz CT molecular complexity index is 1310. The number of rotatable bonds is 10. The summed E-state index contributed by atoms with van der Waals surface area (Å²) in [6.45, 7) is 0.160. The molecule has 188 valence electrons. The number of fused-ring (bicyclic) bond motifs is 1. The fourth-order valence-electron chi connectivity index (χ4n) is 4.86. The number of carboxylic acid groups (broad SMARTS) is 1. The van der Waals surface area contributed by atoms with Crippen molar-refractivity contribution in [1.82, 2.24) is 9.55 Å². The molecule has 1 unspecified atom stereocenters. The van der Waals surface area contributed by atoms with E-state index < -0.39 is 12.1 Å². The van der Waals surface area contributed by atoms with Crippen molar-refractivity contribution in [3.05, 3.63) is 126 Å². The Kier molecular flexibility index (Phi) is 7.65. The molecule has 1 atom stereocenters. The molecule has 0 fully saturated rings. The minimum absolute atomic E-state index is 0.108. The number of carboxylic acids is 1. The van der Waals surface area contributed by atoms with Gasteiger partial charge in [0.1, 0.15) is 12.4 Å². The van der Waals surface area contributed by atoms with Crippen molar-refractivity contribution in [3.63, 3.8) is 0 Å². The Labute approximate surface area is 216 Å². The summed E-state index contributed by atoms with van der Waals surface area (Å²) in [5.74, 6) is -0.390. The highest BCUT2D eigenvalue weighted by Gasteiger charge is 2.21. The Morgan fingerprint density at radius 3 is 2.35 bits per heavy atom. The van der Waals surface area contributed by atoms with Crippen LogP contribution in [0.3, 0.4) is 0 Å². The molecule has 37 heavy (non-hydrogen) atoms. The van der Waals surface area contributed by atoms with Gasteiger partial charge < -0.3 is 14.6 Å². The molecule has 1 aliphatic rings. The maximum Gasteiger partial charge on any atom is 0.349 e. The van der Waals surface area contributed by atoms with Gasteiger partial charge in [0.2, 0.25) is 6.10 Å². The predicted molar refractivity (Wildman–Crippen MR) is 142 cm³/mol. The summed E-state index contributed by atoms with van der Waals surface area (Å²) in [7, 11) is 0. The molecule has 0 spiro atoms. The second-order valence-electron chi connectivity index (χ2n) is 9.06. The molecule has 0 aliphatic heterocycles. The van der Waals surface area contributed by atoms with Gasteiger partial charge in [-0.15, -0.1) is 0 Å². The number of imidazole rings is 1. The average molecular weight is 495 g/mol. The van der Waals surface area contributed by atoms with Gasteiger partial charge in [0.25, 0.3) is 6.01 Å². The quantitative estimate of drug-likeness (QED) is 0.279. The molecule has 6 heteroatoms. The molecule has 4 aromatic rings. The van der Waals surface area contributed by atoms with Crippen LogP contribution in [-0.2, 0) is 17.6 Å². The molecular formula is C31H30N2O4. The van der Waals surface area contributed by atoms with Gasteiger partial charge in [-0.05, 0) is 66.2 Å². The van der Waals surface area contributed by atoms with Crippen LogP contribution in [0, 0.1) is 0 Å². The third kappa shape index (κ3) is 5.75. The van der Waals surface area contributed by atoms with E-state index in [1.165, 1.54) is 11.6 Å². The third-order valence-corrected chi connectivity index (χ3v) is 6.61. The molecule has 1 heterocycles. The Morgan fingerprint density at radius 2 is 1.65 bits per heavy atom. The average Bonchev–Trinajstić information content (AvgIpc) is 3.39. The van der Waals surface area contributed by atoms with Crippen LogP contribution in [0.15, 0.2) is 103 Å². The van der Waals surface area contributed by atoms with Crippen LogP contribution in [0.25, 0.3) is 0 Å². The minimum atomic E-state index is -1.10. The zero-order valence-corrected chi connectivity index (χ0v) is 20.6. The van der Waals surface area contributed by atoms with Crippen LogP contribution in [-0.4, -0.2) is 33.3 Å². The molecule has 5 rings (SSSR count). The lowest BCUT2D eigenvalue weighted by Gasteiger charge is -2.22.